The number of guanidine groups is 1. The summed E-state index contributed by atoms with van der Waals surface area (Å²) in [7, 11) is 0. The Labute approximate surface area is 180 Å². The zero-order chi connectivity index (χ0) is 22.4. The first-order valence-corrected chi connectivity index (χ1v) is 10.2. The maximum atomic E-state index is 12.9. The summed E-state index contributed by atoms with van der Waals surface area (Å²) in [6.07, 6.45) is 2.18. The molecule has 1 aliphatic heterocycles. The minimum atomic E-state index is -0.335. The fourth-order valence-electron chi connectivity index (χ4n) is 3.36. The zero-order valence-electron chi connectivity index (χ0n) is 17.8. The molecule has 10 nitrogen and oxygen atoms in total. The third kappa shape index (κ3) is 5.82. The van der Waals surface area contributed by atoms with Crippen LogP contribution in [0.2, 0.25) is 0 Å². The predicted molar refractivity (Wildman–Crippen MR) is 118 cm³/mol. The maximum Gasteiger partial charge on any atom is 0.293 e. The van der Waals surface area contributed by atoms with Gasteiger partial charge < -0.3 is 16.4 Å². The van der Waals surface area contributed by atoms with Crippen LogP contribution in [0.3, 0.4) is 0 Å². The lowest BCUT2D eigenvalue weighted by atomic mass is 10.0. The van der Waals surface area contributed by atoms with Gasteiger partial charge in [-0.05, 0) is 24.8 Å². The van der Waals surface area contributed by atoms with E-state index in [1.807, 2.05) is 30.3 Å². The minimum Gasteiger partial charge on any atom is -0.368 e. The number of aryl methyl sites for hydroxylation is 1. The van der Waals surface area contributed by atoms with Crippen LogP contribution in [-0.2, 0) is 16.2 Å². The molecule has 0 bridgehead atoms. The average molecular weight is 428 g/mol. The molecule has 3 rings (SSSR count). The molecule has 2 unspecified atom stereocenters. The van der Waals surface area contributed by atoms with Crippen molar-refractivity contribution in [3.8, 4) is 0 Å². The lowest BCUT2D eigenvalue weighted by Gasteiger charge is -2.31. The summed E-state index contributed by atoms with van der Waals surface area (Å²) in [5.41, 5.74) is 6.82. The standard InChI is InChI=1S/C21H29N7O3/c1-14(16-6-4-3-5-7-16)10-24-19-20(30)27(15(2)11-25-19)12-18(29)26-17-8-9-28(21(22)23)31-13-17/h3-7,11,14,17H,8-10,12-13H2,1-2H3,(H3,22,23)(H,24,25)(H,26,29). The van der Waals surface area contributed by atoms with E-state index in [-0.39, 0.29) is 48.4 Å². The quantitative estimate of drug-likeness (QED) is 0.378. The number of rotatable bonds is 7. The highest BCUT2D eigenvalue weighted by Crippen LogP contribution is 2.14. The van der Waals surface area contributed by atoms with Gasteiger partial charge in [0, 0.05) is 18.4 Å². The van der Waals surface area contributed by atoms with Crippen LogP contribution in [0.25, 0.3) is 0 Å². The predicted octanol–water partition coefficient (Wildman–Crippen LogP) is 0.783. The third-order valence-electron chi connectivity index (χ3n) is 5.25. The monoisotopic (exact) mass is 427 g/mol. The van der Waals surface area contributed by atoms with Crippen molar-refractivity contribution >= 4 is 17.7 Å². The number of anilines is 1. The number of benzene rings is 1. The number of nitrogens with one attached hydrogen (secondary N) is 3. The lowest BCUT2D eigenvalue weighted by Crippen LogP contribution is -2.50. The Morgan fingerprint density at radius 2 is 2.13 bits per heavy atom. The molecule has 10 heteroatoms. The number of amides is 1. The molecule has 1 aliphatic rings. The smallest absolute Gasteiger partial charge is 0.293 e. The second-order valence-electron chi connectivity index (χ2n) is 7.67. The summed E-state index contributed by atoms with van der Waals surface area (Å²) in [4.78, 5) is 34.9. The molecule has 1 saturated heterocycles. The van der Waals surface area contributed by atoms with E-state index < -0.39 is 0 Å². The van der Waals surface area contributed by atoms with E-state index in [4.69, 9.17) is 16.0 Å². The Hall–Kier alpha value is -3.40. The Morgan fingerprint density at radius 1 is 1.39 bits per heavy atom. The number of hydrogen-bond donors (Lipinski definition) is 4. The van der Waals surface area contributed by atoms with Crippen LogP contribution in [0.4, 0.5) is 5.82 Å². The number of carbonyl (C=O) groups is 1. The Bertz CT molecular complexity index is 969. The van der Waals surface area contributed by atoms with E-state index in [1.54, 1.807) is 13.1 Å². The van der Waals surface area contributed by atoms with E-state index in [9.17, 15) is 9.59 Å². The molecule has 2 heterocycles. The molecule has 1 fully saturated rings. The highest BCUT2D eigenvalue weighted by molar-refractivity contribution is 5.76. The SMILES string of the molecule is Cc1cnc(NCC(C)c2ccccc2)c(=O)n1CC(=O)NC1CCN(C(=N)N)OC1. The minimum absolute atomic E-state index is 0.108. The van der Waals surface area contributed by atoms with Gasteiger partial charge in [0.2, 0.25) is 11.9 Å². The highest BCUT2D eigenvalue weighted by Gasteiger charge is 2.23. The molecule has 0 spiro atoms. The van der Waals surface area contributed by atoms with Crippen LogP contribution in [0, 0.1) is 12.3 Å². The van der Waals surface area contributed by atoms with E-state index in [0.717, 1.165) is 0 Å². The van der Waals surface area contributed by atoms with Crippen molar-refractivity contribution in [3.05, 3.63) is 58.1 Å². The maximum absolute atomic E-state index is 12.9. The fourth-order valence-corrected chi connectivity index (χ4v) is 3.36. The normalized spacial score (nSPS) is 17.1. The highest BCUT2D eigenvalue weighted by atomic mass is 16.7. The molecular formula is C21H29N7O3. The van der Waals surface area contributed by atoms with Crippen LogP contribution in [0.5, 0.6) is 0 Å². The van der Waals surface area contributed by atoms with Crippen LogP contribution < -0.4 is 21.9 Å². The van der Waals surface area contributed by atoms with Crippen LogP contribution in [-0.4, -0.2) is 52.2 Å². The summed E-state index contributed by atoms with van der Waals surface area (Å²) in [5.74, 6) is -0.0316. The van der Waals surface area contributed by atoms with E-state index in [1.165, 1.54) is 15.2 Å². The second kappa shape index (κ2) is 10.1. The Balaban J connectivity index is 1.59. The summed E-state index contributed by atoms with van der Waals surface area (Å²) in [6, 6.07) is 9.82. The van der Waals surface area contributed by atoms with Gasteiger partial charge in [0.1, 0.15) is 6.54 Å². The number of hydroxylamine groups is 2. The third-order valence-corrected chi connectivity index (χ3v) is 5.25. The first kappa shape index (κ1) is 22.3. The number of carbonyl (C=O) groups excluding carboxylic acids is 1. The van der Waals surface area contributed by atoms with Gasteiger partial charge in [-0.3, -0.25) is 24.4 Å². The van der Waals surface area contributed by atoms with Gasteiger partial charge in [-0.15, -0.1) is 0 Å². The van der Waals surface area contributed by atoms with Crippen molar-refractivity contribution in [1.29, 1.82) is 5.41 Å². The van der Waals surface area contributed by atoms with Gasteiger partial charge in [0.15, 0.2) is 5.82 Å². The second-order valence-corrected chi connectivity index (χ2v) is 7.67. The van der Waals surface area contributed by atoms with E-state index >= 15 is 0 Å². The van der Waals surface area contributed by atoms with Gasteiger partial charge in [0.25, 0.3) is 5.56 Å². The average Bonchev–Trinajstić information content (AvgIpc) is 2.77. The lowest BCUT2D eigenvalue weighted by molar-refractivity contribution is -0.143. The number of hydrogen-bond acceptors (Lipinski definition) is 6. The van der Waals surface area contributed by atoms with Gasteiger partial charge >= 0.3 is 0 Å². The Kier molecular flexibility index (Phi) is 7.24. The molecule has 31 heavy (non-hydrogen) atoms. The molecule has 166 valence electrons. The van der Waals surface area contributed by atoms with Crippen molar-refractivity contribution in [2.75, 3.05) is 25.0 Å². The van der Waals surface area contributed by atoms with Crippen LogP contribution in [0.15, 0.2) is 41.3 Å². The largest absolute Gasteiger partial charge is 0.368 e. The molecule has 0 radical (unpaired) electrons. The topological polar surface area (TPSA) is 138 Å². The summed E-state index contributed by atoms with van der Waals surface area (Å²) < 4.78 is 1.41. The number of nitrogens with zero attached hydrogens (tertiary/aromatic N) is 3. The van der Waals surface area contributed by atoms with Crippen LogP contribution >= 0.6 is 0 Å². The number of aromatic nitrogens is 2. The van der Waals surface area contributed by atoms with Crippen molar-refractivity contribution in [2.24, 2.45) is 5.73 Å². The van der Waals surface area contributed by atoms with Crippen molar-refractivity contribution < 1.29 is 9.63 Å². The van der Waals surface area contributed by atoms with Crippen molar-refractivity contribution in [2.45, 2.75) is 38.8 Å². The Morgan fingerprint density at radius 3 is 2.77 bits per heavy atom. The summed E-state index contributed by atoms with van der Waals surface area (Å²) in [6.45, 7) is 4.90. The molecule has 0 aliphatic carbocycles. The zero-order valence-corrected chi connectivity index (χ0v) is 17.8. The fraction of sp³-hybridized carbons (Fsp3) is 0.429. The van der Waals surface area contributed by atoms with E-state index in [2.05, 4.69) is 22.5 Å². The van der Waals surface area contributed by atoms with Gasteiger partial charge in [-0.2, -0.15) is 0 Å². The number of nitrogens with two attached hydrogens (primary N) is 1. The van der Waals surface area contributed by atoms with Crippen molar-refractivity contribution in [3.63, 3.8) is 0 Å². The van der Waals surface area contributed by atoms with Crippen LogP contribution in [0.1, 0.15) is 30.5 Å². The molecule has 2 aromatic rings. The van der Waals surface area contributed by atoms with E-state index in [0.29, 0.717) is 25.2 Å². The summed E-state index contributed by atoms with van der Waals surface area (Å²) in [5, 5.41) is 14.6. The summed E-state index contributed by atoms with van der Waals surface area (Å²) >= 11 is 0. The first-order chi connectivity index (χ1) is 14.8. The molecule has 1 aromatic carbocycles. The molecule has 2 atom stereocenters. The first-order valence-electron chi connectivity index (χ1n) is 10.2. The van der Waals surface area contributed by atoms with Gasteiger partial charge in [-0.1, -0.05) is 37.3 Å². The molecule has 0 saturated carbocycles. The van der Waals surface area contributed by atoms with Crippen molar-refractivity contribution in [1.82, 2.24) is 19.9 Å². The molecular weight excluding hydrogens is 398 g/mol. The molecule has 1 amide bonds. The van der Waals surface area contributed by atoms with Gasteiger partial charge in [-0.25, -0.2) is 10.0 Å². The van der Waals surface area contributed by atoms with Gasteiger partial charge in [0.05, 0.1) is 19.2 Å². The molecule has 1 aromatic heterocycles. The molecule has 5 N–H and O–H groups in total.